The topological polar surface area (TPSA) is 64.3 Å². The van der Waals surface area contributed by atoms with Crippen molar-refractivity contribution in [3.63, 3.8) is 0 Å². The van der Waals surface area contributed by atoms with Crippen molar-refractivity contribution in [2.45, 2.75) is 0 Å². The summed E-state index contributed by atoms with van der Waals surface area (Å²) in [5.41, 5.74) is 7.38. The Bertz CT molecular complexity index is 660. The predicted molar refractivity (Wildman–Crippen MR) is 87.2 cm³/mol. The minimum Gasteiger partial charge on any atom is -0.495 e. The van der Waals surface area contributed by atoms with Crippen molar-refractivity contribution < 1.29 is 9.53 Å². The number of methoxy groups -OCH3 is 1. The summed E-state index contributed by atoms with van der Waals surface area (Å²) in [5, 5.41) is 2.83. The minimum atomic E-state index is -0.234. The fourth-order valence-corrected chi connectivity index (χ4v) is 2.35. The fourth-order valence-electron chi connectivity index (χ4n) is 1.64. The van der Waals surface area contributed by atoms with E-state index in [9.17, 15) is 4.79 Å². The molecule has 104 valence electrons. The van der Waals surface area contributed by atoms with Crippen LogP contribution in [0.15, 0.2) is 45.3 Å². The van der Waals surface area contributed by atoms with Crippen molar-refractivity contribution in [1.82, 2.24) is 0 Å². The van der Waals surface area contributed by atoms with Gasteiger partial charge in [0.2, 0.25) is 0 Å². The molecule has 0 atom stereocenters. The highest BCUT2D eigenvalue weighted by molar-refractivity contribution is 9.11. The third-order valence-corrected chi connectivity index (χ3v) is 3.86. The standard InChI is InChI=1S/C14H12Br2N2O2/c1-20-13-6-8(2-5-11(13)17)14(19)18-12-7-9(15)3-4-10(12)16/h2-7H,17H2,1H3,(H,18,19). The molecule has 0 spiro atoms. The summed E-state index contributed by atoms with van der Waals surface area (Å²) in [4.78, 5) is 12.2. The van der Waals surface area contributed by atoms with Crippen LogP contribution in [0, 0.1) is 0 Å². The number of hydrogen-bond acceptors (Lipinski definition) is 3. The van der Waals surface area contributed by atoms with Crippen LogP contribution in [-0.4, -0.2) is 13.0 Å². The number of hydrogen-bond donors (Lipinski definition) is 2. The van der Waals surface area contributed by atoms with Crippen LogP contribution in [0.1, 0.15) is 10.4 Å². The van der Waals surface area contributed by atoms with Gasteiger partial charge in [-0.2, -0.15) is 0 Å². The Morgan fingerprint density at radius 3 is 2.65 bits per heavy atom. The van der Waals surface area contributed by atoms with Gasteiger partial charge in [-0.1, -0.05) is 15.9 Å². The highest BCUT2D eigenvalue weighted by Gasteiger charge is 2.11. The number of nitrogens with one attached hydrogen (secondary N) is 1. The quantitative estimate of drug-likeness (QED) is 0.765. The van der Waals surface area contributed by atoms with Crippen LogP contribution >= 0.6 is 31.9 Å². The van der Waals surface area contributed by atoms with E-state index in [-0.39, 0.29) is 5.91 Å². The average Bonchev–Trinajstić information content (AvgIpc) is 2.43. The molecule has 0 bridgehead atoms. The molecule has 0 aliphatic carbocycles. The van der Waals surface area contributed by atoms with Crippen molar-refractivity contribution in [3.05, 3.63) is 50.9 Å². The number of amides is 1. The second kappa shape index (κ2) is 6.28. The average molecular weight is 400 g/mol. The van der Waals surface area contributed by atoms with Gasteiger partial charge in [0.15, 0.2) is 0 Å². The summed E-state index contributed by atoms with van der Waals surface area (Å²) in [6, 6.07) is 10.4. The van der Waals surface area contributed by atoms with E-state index < -0.39 is 0 Å². The molecule has 0 saturated carbocycles. The zero-order valence-electron chi connectivity index (χ0n) is 10.6. The Morgan fingerprint density at radius 1 is 1.20 bits per heavy atom. The lowest BCUT2D eigenvalue weighted by atomic mass is 10.1. The van der Waals surface area contributed by atoms with Crippen LogP contribution in [0.25, 0.3) is 0 Å². The molecule has 0 heterocycles. The van der Waals surface area contributed by atoms with E-state index in [4.69, 9.17) is 10.5 Å². The maximum atomic E-state index is 12.2. The van der Waals surface area contributed by atoms with Gasteiger partial charge in [-0.3, -0.25) is 4.79 Å². The summed E-state index contributed by atoms with van der Waals surface area (Å²) in [6.07, 6.45) is 0. The number of anilines is 2. The lowest BCUT2D eigenvalue weighted by Crippen LogP contribution is -2.12. The molecular formula is C14H12Br2N2O2. The number of carbonyl (C=O) groups is 1. The molecule has 0 fully saturated rings. The van der Waals surface area contributed by atoms with Crippen molar-refractivity contribution in [2.75, 3.05) is 18.2 Å². The van der Waals surface area contributed by atoms with E-state index in [1.165, 1.54) is 7.11 Å². The predicted octanol–water partition coefficient (Wildman–Crippen LogP) is 4.05. The van der Waals surface area contributed by atoms with E-state index >= 15 is 0 Å². The van der Waals surface area contributed by atoms with Gasteiger partial charge in [-0.15, -0.1) is 0 Å². The summed E-state index contributed by atoms with van der Waals surface area (Å²) in [6.45, 7) is 0. The highest BCUT2D eigenvalue weighted by Crippen LogP contribution is 2.27. The van der Waals surface area contributed by atoms with E-state index in [0.717, 1.165) is 8.95 Å². The third-order valence-electron chi connectivity index (χ3n) is 2.67. The molecule has 4 nitrogen and oxygen atoms in total. The second-order valence-electron chi connectivity index (χ2n) is 4.04. The molecule has 1 amide bonds. The van der Waals surface area contributed by atoms with E-state index in [1.807, 2.05) is 18.2 Å². The first kappa shape index (κ1) is 14.9. The molecule has 2 aromatic carbocycles. The molecule has 2 rings (SSSR count). The van der Waals surface area contributed by atoms with Crippen LogP contribution in [0.2, 0.25) is 0 Å². The van der Waals surface area contributed by atoms with E-state index in [1.54, 1.807) is 18.2 Å². The first-order valence-corrected chi connectivity index (χ1v) is 7.30. The van der Waals surface area contributed by atoms with Gasteiger partial charge in [0.1, 0.15) is 5.75 Å². The maximum absolute atomic E-state index is 12.2. The van der Waals surface area contributed by atoms with Crippen molar-refractivity contribution in [2.24, 2.45) is 0 Å². The zero-order valence-corrected chi connectivity index (χ0v) is 13.8. The number of ether oxygens (including phenoxy) is 1. The molecule has 0 aromatic heterocycles. The largest absolute Gasteiger partial charge is 0.495 e. The molecule has 2 aromatic rings. The SMILES string of the molecule is COc1cc(C(=O)Nc2cc(Br)ccc2Br)ccc1N. The van der Waals surface area contributed by atoms with Gasteiger partial charge >= 0.3 is 0 Å². The molecule has 20 heavy (non-hydrogen) atoms. The minimum absolute atomic E-state index is 0.234. The number of carbonyl (C=O) groups excluding carboxylic acids is 1. The van der Waals surface area contributed by atoms with Crippen LogP contribution < -0.4 is 15.8 Å². The Balaban J connectivity index is 2.26. The summed E-state index contributed by atoms with van der Waals surface area (Å²) < 4.78 is 6.79. The zero-order chi connectivity index (χ0) is 14.7. The first-order valence-electron chi connectivity index (χ1n) is 5.71. The van der Waals surface area contributed by atoms with E-state index in [0.29, 0.717) is 22.7 Å². The third kappa shape index (κ3) is 3.32. The molecule has 0 aliphatic rings. The van der Waals surface area contributed by atoms with Gasteiger partial charge in [0.25, 0.3) is 5.91 Å². The van der Waals surface area contributed by atoms with Crippen molar-refractivity contribution >= 4 is 49.1 Å². The number of halogens is 2. The number of nitrogens with two attached hydrogens (primary N) is 1. The smallest absolute Gasteiger partial charge is 0.255 e. The first-order chi connectivity index (χ1) is 9.51. The number of benzene rings is 2. The molecule has 3 N–H and O–H groups in total. The van der Waals surface area contributed by atoms with Crippen LogP contribution in [0.5, 0.6) is 5.75 Å². The molecule has 0 saturated heterocycles. The summed E-state index contributed by atoms with van der Waals surface area (Å²) in [5.74, 6) is 0.244. The van der Waals surface area contributed by atoms with Gasteiger partial charge in [-0.25, -0.2) is 0 Å². The highest BCUT2D eigenvalue weighted by atomic mass is 79.9. The van der Waals surface area contributed by atoms with Gasteiger partial charge in [0.05, 0.1) is 18.5 Å². The lowest BCUT2D eigenvalue weighted by molar-refractivity contribution is 0.102. The normalized spacial score (nSPS) is 10.2. The number of rotatable bonds is 3. The number of nitrogen functional groups attached to an aromatic ring is 1. The van der Waals surface area contributed by atoms with Crippen molar-refractivity contribution in [3.8, 4) is 5.75 Å². The van der Waals surface area contributed by atoms with Crippen LogP contribution in [0.4, 0.5) is 11.4 Å². The Kier molecular flexibility index (Phi) is 4.67. The monoisotopic (exact) mass is 398 g/mol. The van der Waals surface area contributed by atoms with Crippen molar-refractivity contribution in [1.29, 1.82) is 0 Å². The summed E-state index contributed by atoms with van der Waals surface area (Å²) in [7, 11) is 1.51. The molecule has 6 heteroatoms. The lowest BCUT2D eigenvalue weighted by Gasteiger charge is -2.10. The van der Waals surface area contributed by atoms with Crippen LogP contribution in [-0.2, 0) is 0 Å². The van der Waals surface area contributed by atoms with Gasteiger partial charge < -0.3 is 15.8 Å². The molecular weight excluding hydrogens is 388 g/mol. The maximum Gasteiger partial charge on any atom is 0.255 e. The Labute approximate surface area is 133 Å². The molecule has 0 unspecified atom stereocenters. The van der Waals surface area contributed by atoms with Gasteiger partial charge in [0, 0.05) is 14.5 Å². The molecule has 0 radical (unpaired) electrons. The fraction of sp³-hybridized carbons (Fsp3) is 0.0714. The molecule has 0 aliphatic heterocycles. The van der Waals surface area contributed by atoms with E-state index in [2.05, 4.69) is 37.2 Å². The van der Waals surface area contributed by atoms with Gasteiger partial charge in [-0.05, 0) is 52.3 Å². The Morgan fingerprint density at radius 2 is 1.95 bits per heavy atom. The second-order valence-corrected chi connectivity index (χ2v) is 5.81. The van der Waals surface area contributed by atoms with Crippen LogP contribution in [0.3, 0.4) is 0 Å². The summed E-state index contributed by atoms with van der Waals surface area (Å²) >= 11 is 6.76. The Hall–Kier alpha value is -1.53.